The van der Waals surface area contributed by atoms with Crippen LogP contribution in [0.3, 0.4) is 0 Å². The smallest absolute Gasteiger partial charge is 0.0590 e. The zero-order chi connectivity index (χ0) is 13.2. The lowest BCUT2D eigenvalue weighted by molar-refractivity contribution is 0.145. The zero-order valence-electron chi connectivity index (χ0n) is 12.5. The third-order valence-corrected chi connectivity index (χ3v) is 3.70. The summed E-state index contributed by atoms with van der Waals surface area (Å²) in [5.41, 5.74) is 0. The molecule has 0 aromatic rings. The maximum absolute atomic E-state index is 5.32. The summed E-state index contributed by atoms with van der Waals surface area (Å²) in [5.74, 6) is 0. The molecule has 1 saturated heterocycles. The molecule has 0 aromatic carbocycles. The molecule has 1 rings (SSSR count). The Hall–Kier alpha value is -0.160. The number of hydrogen-bond donors (Lipinski definition) is 1. The van der Waals surface area contributed by atoms with Crippen LogP contribution in [0.15, 0.2) is 0 Å². The fraction of sp³-hybridized carbons (Fsp3) is 1.00. The number of likely N-dealkylation sites (N-methyl/N-ethyl adjacent to an activating group) is 1. The van der Waals surface area contributed by atoms with Crippen molar-refractivity contribution in [2.45, 2.75) is 32.7 Å². The highest BCUT2D eigenvalue weighted by Gasteiger charge is 2.20. The van der Waals surface area contributed by atoms with Crippen LogP contribution in [0.2, 0.25) is 0 Å². The normalized spacial score (nSPS) is 23.2. The number of nitrogens with zero attached hydrogens (tertiary/aromatic N) is 2. The van der Waals surface area contributed by atoms with Crippen LogP contribution in [0, 0.1) is 0 Å². The van der Waals surface area contributed by atoms with Gasteiger partial charge in [-0.3, -0.25) is 4.90 Å². The van der Waals surface area contributed by atoms with Crippen LogP contribution in [0.25, 0.3) is 0 Å². The molecular weight excluding hydrogens is 226 g/mol. The molecule has 4 heteroatoms. The first kappa shape index (κ1) is 15.9. The fourth-order valence-electron chi connectivity index (χ4n) is 2.61. The molecule has 0 amide bonds. The molecule has 1 fully saturated rings. The van der Waals surface area contributed by atoms with Gasteiger partial charge in [0.25, 0.3) is 0 Å². The van der Waals surface area contributed by atoms with Gasteiger partial charge in [-0.2, -0.15) is 0 Å². The van der Waals surface area contributed by atoms with Gasteiger partial charge in [0.05, 0.1) is 6.61 Å². The lowest BCUT2D eigenvalue weighted by atomic mass is 10.2. The van der Waals surface area contributed by atoms with Gasteiger partial charge in [0.1, 0.15) is 0 Å². The van der Waals surface area contributed by atoms with E-state index in [4.69, 9.17) is 4.74 Å². The Morgan fingerprint density at radius 3 is 2.78 bits per heavy atom. The predicted molar refractivity (Wildman–Crippen MR) is 77.1 cm³/mol. The summed E-state index contributed by atoms with van der Waals surface area (Å²) >= 11 is 0. The Morgan fingerprint density at radius 2 is 2.06 bits per heavy atom. The van der Waals surface area contributed by atoms with Gasteiger partial charge < -0.3 is 15.0 Å². The Balaban J connectivity index is 2.17. The Morgan fingerprint density at radius 1 is 1.22 bits per heavy atom. The summed E-state index contributed by atoms with van der Waals surface area (Å²) in [5, 5.41) is 3.46. The molecule has 0 radical (unpaired) electrons. The van der Waals surface area contributed by atoms with Crippen LogP contribution < -0.4 is 5.32 Å². The zero-order valence-corrected chi connectivity index (χ0v) is 12.5. The van der Waals surface area contributed by atoms with Crippen LogP contribution in [-0.2, 0) is 4.74 Å². The number of ether oxygens (including phenoxy) is 1. The molecule has 1 unspecified atom stereocenters. The molecule has 0 bridgehead atoms. The monoisotopic (exact) mass is 257 g/mol. The number of hydrogen-bond acceptors (Lipinski definition) is 4. The summed E-state index contributed by atoms with van der Waals surface area (Å²) in [6.07, 6.45) is 2.55. The fourth-order valence-corrected chi connectivity index (χ4v) is 2.61. The van der Waals surface area contributed by atoms with E-state index in [1.165, 1.54) is 39.0 Å². The van der Waals surface area contributed by atoms with E-state index in [9.17, 15) is 0 Å². The molecule has 1 atom stereocenters. The van der Waals surface area contributed by atoms with Gasteiger partial charge in [0.15, 0.2) is 0 Å². The van der Waals surface area contributed by atoms with Gasteiger partial charge in [-0.25, -0.2) is 0 Å². The van der Waals surface area contributed by atoms with Gasteiger partial charge in [-0.15, -0.1) is 0 Å². The van der Waals surface area contributed by atoms with Crippen molar-refractivity contribution in [3.05, 3.63) is 0 Å². The van der Waals surface area contributed by atoms with Crippen LogP contribution in [0.1, 0.15) is 26.7 Å². The van der Waals surface area contributed by atoms with E-state index in [0.29, 0.717) is 0 Å². The van der Waals surface area contributed by atoms with Gasteiger partial charge in [0.2, 0.25) is 0 Å². The molecule has 0 saturated carbocycles. The summed E-state index contributed by atoms with van der Waals surface area (Å²) in [7, 11) is 2.24. The van der Waals surface area contributed by atoms with E-state index in [-0.39, 0.29) is 0 Å². The molecule has 4 nitrogen and oxygen atoms in total. The van der Waals surface area contributed by atoms with E-state index < -0.39 is 0 Å². The lowest BCUT2D eigenvalue weighted by Gasteiger charge is -2.30. The highest BCUT2D eigenvalue weighted by Crippen LogP contribution is 2.10. The van der Waals surface area contributed by atoms with E-state index >= 15 is 0 Å². The number of nitrogens with one attached hydrogen (secondary N) is 1. The second-order valence-corrected chi connectivity index (χ2v) is 5.16. The maximum Gasteiger partial charge on any atom is 0.0590 e. The second kappa shape index (κ2) is 9.73. The summed E-state index contributed by atoms with van der Waals surface area (Å²) < 4.78 is 5.32. The second-order valence-electron chi connectivity index (χ2n) is 5.16. The van der Waals surface area contributed by atoms with E-state index in [0.717, 1.165) is 32.3 Å². The van der Waals surface area contributed by atoms with Crippen LogP contribution >= 0.6 is 0 Å². The van der Waals surface area contributed by atoms with Crippen molar-refractivity contribution in [1.29, 1.82) is 0 Å². The summed E-state index contributed by atoms with van der Waals surface area (Å²) in [6.45, 7) is 12.9. The van der Waals surface area contributed by atoms with Crippen molar-refractivity contribution in [2.24, 2.45) is 0 Å². The van der Waals surface area contributed by atoms with Crippen LogP contribution in [-0.4, -0.2) is 75.4 Å². The molecular formula is C14H31N3O. The molecule has 0 aliphatic carbocycles. The molecule has 18 heavy (non-hydrogen) atoms. The van der Waals surface area contributed by atoms with E-state index in [1.807, 2.05) is 6.92 Å². The first-order valence-electron chi connectivity index (χ1n) is 7.49. The van der Waals surface area contributed by atoms with Crippen molar-refractivity contribution in [1.82, 2.24) is 15.1 Å². The maximum atomic E-state index is 5.32. The standard InChI is InChI=1S/C14H31N3O/c1-4-14-13-16(3)9-6-10-17(14)11-7-15-8-12-18-5-2/h14-15H,4-13H2,1-3H3. The van der Waals surface area contributed by atoms with Crippen molar-refractivity contribution in [3.63, 3.8) is 0 Å². The minimum atomic E-state index is 0.728. The van der Waals surface area contributed by atoms with Crippen LogP contribution in [0.5, 0.6) is 0 Å². The van der Waals surface area contributed by atoms with Crippen LogP contribution in [0.4, 0.5) is 0 Å². The van der Waals surface area contributed by atoms with Gasteiger partial charge >= 0.3 is 0 Å². The predicted octanol–water partition coefficient (Wildman–Crippen LogP) is 1.03. The Kier molecular flexibility index (Phi) is 8.59. The largest absolute Gasteiger partial charge is 0.380 e. The van der Waals surface area contributed by atoms with Crippen molar-refractivity contribution < 1.29 is 4.74 Å². The summed E-state index contributed by atoms with van der Waals surface area (Å²) in [6, 6.07) is 0.728. The SMILES string of the molecule is CCOCCNCCN1CCCN(C)CC1CC. The third-order valence-electron chi connectivity index (χ3n) is 3.70. The highest BCUT2D eigenvalue weighted by atomic mass is 16.5. The first-order chi connectivity index (χ1) is 8.77. The van der Waals surface area contributed by atoms with Crippen molar-refractivity contribution in [3.8, 4) is 0 Å². The molecule has 0 spiro atoms. The van der Waals surface area contributed by atoms with Gasteiger partial charge in [0, 0.05) is 38.8 Å². The first-order valence-corrected chi connectivity index (χ1v) is 7.49. The average Bonchev–Trinajstić information content (AvgIpc) is 2.55. The quantitative estimate of drug-likeness (QED) is 0.657. The summed E-state index contributed by atoms with van der Waals surface area (Å²) in [4.78, 5) is 5.12. The van der Waals surface area contributed by atoms with Gasteiger partial charge in [-0.1, -0.05) is 6.92 Å². The third kappa shape index (κ3) is 6.14. The molecule has 1 heterocycles. The molecule has 1 aliphatic heterocycles. The van der Waals surface area contributed by atoms with Crippen molar-refractivity contribution >= 4 is 0 Å². The minimum Gasteiger partial charge on any atom is -0.380 e. The lowest BCUT2D eigenvalue weighted by Crippen LogP contribution is -2.43. The molecule has 1 aliphatic rings. The van der Waals surface area contributed by atoms with Crippen molar-refractivity contribution in [2.75, 3.05) is 59.5 Å². The topological polar surface area (TPSA) is 27.7 Å². The Labute approximate surface area is 113 Å². The minimum absolute atomic E-state index is 0.728. The molecule has 1 N–H and O–H groups in total. The Bertz CT molecular complexity index is 201. The highest BCUT2D eigenvalue weighted by molar-refractivity contribution is 4.78. The average molecular weight is 257 g/mol. The number of rotatable bonds is 8. The van der Waals surface area contributed by atoms with Gasteiger partial charge in [-0.05, 0) is 39.9 Å². The van der Waals surface area contributed by atoms with E-state index in [1.54, 1.807) is 0 Å². The van der Waals surface area contributed by atoms with E-state index in [2.05, 4.69) is 29.1 Å². The molecule has 108 valence electrons. The molecule has 0 aromatic heterocycles.